The van der Waals surface area contributed by atoms with Crippen LogP contribution in [0.15, 0.2) is 30.5 Å². The van der Waals surface area contributed by atoms with E-state index in [2.05, 4.69) is 59.5 Å². The maximum absolute atomic E-state index is 8.67. The van der Waals surface area contributed by atoms with E-state index in [4.69, 9.17) is 10.1 Å². The number of aromatic nitrogens is 1. The van der Waals surface area contributed by atoms with Crippen LogP contribution in [0.2, 0.25) is 0 Å². The predicted molar refractivity (Wildman–Crippen MR) is 103 cm³/mol. The van der Waals surface area contributed by atoms with Crippen molar-refractivity contribution in [3.05, 3.63) is 47.2 Å². The molecular weight excluding hydrogens is 312 g/mol. The lowest BCUT2D eigenvalue weighted by Gasteiger charge is -2.25. The highest BCUT2D eigenvalue weighted by atomic mass is 16.5. The molecule has 134 valence electrons. The van der Waals surface area contributed by atoms with E-state index >= 15 is 0 Å². The highest BCUT2D eigenvalue weighted by molar-refractivity contribution is 6.03. The quantitative estimate of drug-likeness (QED) is 0.577. The molecule has 25 heavy (non-hydrogen) atoms. The Hall–Kier alpha value is -2.27. The largest absolute Gasteiger partial charge is 0.381 e. The Morgan fingerprint density at radius 3 is 2.72 bits per heavy atom. The normalized spacial score (nSPS) is 15.2. The van der Waals surface area contributed by atoms with Crippen molar-refractivity contribution in [3.8, 4) is 5.69 Å². The fourth-order valence-electron chi connectivity index (χ4n) is 3.45. The van der Waals surface area contributed by atoms with E-state index in [0.29, 0.717) is 11.9 Å². The number of anilines is 1. The van der Waals surface area contributed by atoms with Gasteiger partial charge in [0.2, 0.25) is 0 Å². The summed E-state index contributed by atoms with van der Waals surface area (Å²) < 4.78 is 7.58. The molecule has 0 aliphatic carbocycles. The minimum absolute atomic E-state index is 0.318. The molecule has 5 heteroatoms. The third-order valence-corrected chi connectivity index (χ3v) is 4.80. The zero-order valence-electron chi connectivity index (χ0n) is 15.4. The number of hydrogen-bond acceptors (Lipinski definition) is 3. The lowest BCUT2D eigenvalue weighted by molar-refractivity contribution is 0.0824. The van der Waals surface area contributed by atoms with E-state index in [1.54, 1.807) is 0 Å². The summed E-state index contributed by atoms with van der Waals surface area (Å²) in [6.45, 7) is 5.78. The maximum Gasteiger partial charge on any atom is 0.129 e. The molecule has 2 heterocycles. The molecule has 3 N–H and O–H groups in total. The summed E-state index contributed by atoms with van der Waals surface area (Å²) in [7, 11) is 1.92. The molecule has 0 spiro atoms. The minimum Gasteiger partial charge on any atom is -0.381 e. The Morgan fingerprint density at radius 2 is 2.08 bits per heavy atom. The second-order valence-corrected chi connectivity index (χ2v) is 6.60. The van der Waals surface area contributed by atoms with Crippen LogP contribution >= 0.6 is 0 Å². The molecule has 1 aromatic heterocycles. The van der Waals surface area contributed by atoms with E-state index in [1.807, 2.05) is 7.05 Å². The van der Waals surface area contributed by atoms with Gasteiger partial charge in [-0.15, -0.1) is 0 Å². The van der Waals surface area contributed by atoms with Gasteiger partial charge in [0.15, 0.2) is 0 Å². The van der Waals surface area contributed by atoms with Crippen LogP contribution in [-0.4, -0.2) is 36.7 Å². The Morgan fingerprint density at radius 1 is 1.32 bits per heavy atom. The molecule has 3 rings (SSSR count). The molecule has 5 nitrogen and oxygen atoms in total. The van der Waals surface area contributed by atoms with Gasteiger partial charge in [0.1, 0.15) is 11.7 Å². The number of nitrogens with zero attached hydrogens (tertiary/aromatic N) is 1. The summed E-state index contributed by atoms with van der Waals surface area (Å²) in [5.74, 6) is 1.46. The summed E-state index contributed by atoms with van der Waals surface area (Å²) in [5, 5.41) is 15.4. The Bertz CT molecular complexity index is 744. The molecule has 0 radical (unpaired) electrons. The molecule has 1 fully saturated rings. The van der Waals surface area contributed by atoms with Gasteiger partial charge in [-0.2, -0.15) is 0 Å². The molecule has 0 amide bonds. The van der Waals surface area contributed by atoms with Crippen LogP contribution in [0.1, 0.15) is 36.5 Å². The van der Waals surface area contributed by atoms with Gasteiger partial charge in [0, 0.05) is 38.2 Å². The van der Waals surface area contributed by atoms with Gasteiger partial charge in [-0.3, -0.25) is 5.41 Å². The standard InChI is InChI=1S/C20H28N4O/c1-4-15-13-24(17-7-5-6-14(2)12-17)20(22-3)18(15)19(21)23-16-8-10-25-11-9-16/h5-7,12-13,16,22H,4,8-11H2,1-3H3,(H2,21,23). The second kappa shape index (κ2) is 7.74. The highest BCUT2D eigenvalue weighted by Crippen LogP contribution is 2.28. The Balaban J connectivity index is 1.96. The van der Waals surface area contributed by atoms with E-state index in [9.17, 15) is 0 Å². The molecule has 2 aromatic rings. The maximum atomic E-state index is 8.67. The van der Waals surface area contributed by atoms with Crippen LogP contribution in [0, 0.1) is 12.3 Å². The lowest BCUT2D eigenvalue weighted by Crippen LogP contribution is -2.39. The van der Waals surface area contributed by atoms with E-state index in [0.717, 1.165) is 49.5 Å². The monoisotopic (exact) mass is 340 g/mol. The van der Waals surface area contributed by atoms with Crippen molar-refractivity contribution in [2.75, 3.05) is 25.6 Å². The molecule has 0 atom stereocenters. The molecule has 1 aliphatic rings. The van der Waals surface area contributed by atoms with Crippen LogP contribution in [0.25, 0.3) is 5.69 Å². The fourth-order valence-corrected chi connectivity index (χ4v) is 3.45. The summed E-state index contributed by atoms with van der Waals surface area (Å²) in [5.41, 5.74) is 4.49. The first-order chi connectivity index (χ1) is 12.1. The summed E-state index contributed by atoms with van der Waals surface area (Å²) in [4.78, 5) is 0. The molecule has 0 saturated carbocycles. The van der Waals surface area contributed by atoms with Crippen molar-refractivity contribution in [1.29, 1.82) is 5.41 Å². The average molecular weight is 340 g/mol. The predicted octanol–water partition coefficient (Wildman–Crippen LogP) is 3.48. The SMILES string of the molecule is CCc1cn(-c2cccc(C)c2)c(NC)c1C(=N)NC1CCOCC1. The first-order valence-electron chi connectivity index (χ1n) is 9.06. The van der Waals surface area contributed by atoms with Crippen LogP contribution in [0.4, 0.5) is 5.82 Å². The van der Waals surface area contributed by atoms with Gasteiger partial charge in [-0.05, 0) is 49.4 Å². The molecular formula is C20H28N4O. The minimum atomic E-state index is 0.318. The van der Waals surface area contributed by atoms with Crippen molar-refractivity contribution in [2.45, 2.75) is 39.2 Å². The zero-order valence-corrected chi connectivity index (χ0v) is 15.4. The van der Waals surface area contributed by atoms with Gasteiger partial charge in [-0.1, -0.05) is 19.1 Å². The average Bonchev–Trinajstić information content (AvgIpc) is 3.01. The van der Waals surface area contributed by atoms with E-state index < -0.39 is 0 Å². The number of rotatable bonds is 5. The number of hydrogen-bond donors (Lipinski definition) is 3. The second-order valence-electron chi connectivity index (χ2n) is 6.60. The van der Waals surface area contributed by atoms with Crippen molar-refractivity contribution in [1.82, 2.24) is 9.88 Å². The van der Waals surface area contributed by atoms with Gasteiger partial charge in [0.25, 0.3) is 0 Å². The fraction of sp³-hybridized carbons (Fsp3) is 0.450. The van der Waals surface area contributed by atoms with E-state index in [1.165, 1.54) is 11.1 Å². The van der Waals surface area contributed by atoms with Crippen LogP contribution in [0.3, 0.4) is 0 Å². The number of aryl methyl sites for hydroxylation is 2. The van der Waals surface area contributed by atoms with Crippen molar-refractivity contribution >= 4 is 11.7 Å². The summed E-state index contributed by atoms with van der Waals surface area (Å²) >= 11 is 0. The first-order valence-corrected chi connectivity index (χ1v) is 9.06. The first kappa shape index (κ1) is 17.5. The lowest BCUT2D eigenvalue weighted by atomic mass is 10.1. The number of nitrogens with one attached hydrogen (secondary N) is 3. The van der Waals surface area contributed by atoms with Crippen molar-refractivity contribution in [3.63, 3.8) is 0 Å². The number of amidine groups is 1. The highest BCUT2D eigenvalue weighted by Gasteiger charge is 2.22. The van der Waals surface area contributed by atoms with Crippen LogP contribution in [-0.2, 0) is 11.2 Å². The van der Waals surface area contributed by atoms with Gasteiger partial charge >= 0.3 is 0 Å². The Kier molecular flexibility index (Phi) is 5.43. The van der Waals surface area contributed by atoms with E-state index in [-0.39, 0.29) is 0 Å². The topological polar surface area (TPSA) is 62.1 Å². The summed E-state index contributed by atoms with van der Waals surface area (Å²) in [6.07, 6.45) is 4.95. The van der Waals surface area contributed by atoms with Crippen LogP contribution < -0.4 is 10.6 Å². The molecule has 1 saturated heterocycles. The zero-order chi connectivity index (χ0) is 17.8. The van der Waals surface area contributed by atoms with Crippen molar-refractivity contribution in [2.24, 2.45) is 0 Å². The molecule has 0 unspecified atom stereocenters. The van der Waals surface area contributed by atoms with Crippen molar-refractivity contribution < 1.29 is 4.74 Å². The van der Waals surface area contributed by atoms with Gasteiger partial charge in [-0.25, -0.2) is 0 Å². The van der Waals surface area contributed by atoms with Crippen LogP contribution in [0.5, 0.6) is 0 Å². The van der Waals surface area contributed by atoms with Gasteiger partial charge < -0.3 is 19.9 Å². The smallest absolute Gasteiger partial charge is 0.129 e. The van der Waals surface area contributed by atoms with Gasteiger partial charge in [0.05, 0.1) is 5.56 Å². The number of ether oxygens (including phenoxy) is 1. The third-order valence-electron chi connectivity index (χ3n) is 4.80. The Labute approximate surface area is 149 Å². The number of benzene rings is 1. The molecule has 1 aromatic carbocycles. The third kappa shape index (κ3) is 3.71. The summed E-state index contributed by atoms with van der Waals surface area (Å²) in [6, 6.07) is 8.76. The molecule has 1 aliphatic heterocycles. The molecule has 0 bridgehead atoms.